The van der Waals surface area contributed by atoms with Crippen LogP contribution in [0.2, 0.25) is 0 Å². The largest absolute Gasteiger partial charge is 0.375 e. The first-order valence-electron chi connectivity index (χ1n) is 6.03. The topological polar surface area (TPSA) is 34.1 Å². The zero-order valence-corrected chi connectivity index (χ0v) is 10.1. The van der Waals surface area contributed by atoms with E-state index >= 15 is 0 Å². The van der Waals surface area contributed by atoms with E-state index in [0.717, 1.165) is 30.8 Å². The third kappa shape index (κ3) is 3.25. The standard InChI is InChI=1S/C14H18N2O/c1-2-15-9-10-17-11-13-6-3-5-12-7-4-8-16-14(12)13/h3-8,15H,2,9-11H2,1H3. The van der Waals surface area contributed by atoms with Crippen LogP contribution in [0.1, 0.15) is 12.5 Å². The second kappa shape index (κ2) is 6.33. The Labute approximate surface area is 102 Å². The molecular weight excluding hydrogens is 212 g/mol. The average molecular weight is 230 g/mol. The Kier molecular flexibility index (Phi) is 4.47. The van der Waals surface area contributed by atoms with Crippen molar-refractivity contribution in [1.82, 2.24) is 10.3 Å². The summed E-state index contributed by atoms with van der Waals surface area (Å²) >= 11 is 0. The maximum atomic E-state index is 5.63. The van der Waals surface area contributed by atoms with Gasteiger partial charge in [-0.2, -0.15) is 0 Å². The van der Waals surface area contributed by atoms with Gasteiger partial charge in [-0.05, 0) is 12.6 Å². The highest BCUT2D eigenvalue weighted by atomic mass is 16.5. The Bertz CT molecular complexity index is 465. The smallest absolute Gasteiger partial charge is 0.0757 e. The lowest BCUT2D eigenvalue weighted by Gasteiger charge is -2.07. The van der Waals surface area contributed by atoms with Gasteiger partial charge in [0.2, 0.25) is 0 Å². The van der Waals surface area contributed by atoms with Crippen molar-refractivity contribution in [2.75, 3.05) is 19.7 Å². The highest BCUT2D eigenvalue weighted by molar-refractivity contribution is 5.81. The zero-order chi connectivity index (χ0) is 11.9. The van der Waals surface area contributed by atoms with Crippen molar-refractivity contribution in [1.29, 1.82) is 0 Å². The molecule has 0 bridgehead atoms. The van der Waals surface area contributed by atoms with Gasteiger partial charge in [-0.25, -0.2) is 0 Å². The molecule has 90 valence electrons. The summed E-state index contributed by atoms with van der Waals surface area (Å²) in [6.07, 6.45) is 1.82. The van der Waals surface area contributed by atoms with E-state index in [1.165, 1.54) is 5.39 Å². The molecule has 1 heterocycles. The van der Waals surface area contributed by atoms with Crippen LogP contribution in [0.5, 0.6) is 0 Å². The van der Waals surface area contributed by atoms with Gasteiger partial charge >= 0.3 is 0 Å². The van der Waals surface area contributed by atoms with Gasteiger partial charge in [-0.15, -0.1) is 0 Å². The van der Waals surface area contributed by atoms with Crippen LogP contribution in [0, 0.1) is 0 Å². The molecule has 0 fully saturated rings. The van der Waals surface area contributed by atoms with Gasteiger partial charge in [0.25, 0.3) is 0 Å². The number of fused-ring (bicyclic) bond motifs is 1. The first-order chi connectivity index (χ1) is 8.42. The average Bonchev–Trinajstić information content (AvgIpc) is 2.39. The fourth-order valence-electron chi connectivity index (χ4n) is 1.79. The predicted molar refractivity (Wildman–Crippen MR) is 69.9 cm³/mol. The first-order valence-corrected chi connectivity index (χ1v) is 6.03. The molecule has 0 unspecified atom stereocenters. The van der Waals surface area contributed by atoms with Crippen molar-refractivity contribution in [3.63, 3.8) is 0 Å². The minimum Gasteiger partial charge on any atom is -0.375 e. The summed E-state index contributed by atoms with van der Waals surface area (Å²) in [5.74, 6) is 0. The molecule has 2 rings (SSSR count). The van der Waals surface area contributed by atoms with Crippen LogP contribution in [0.4, 0.5) is 0 Å². The Hall–Kier alpha value is -1.45. The number of ether oxygens (including phenoxy) is 1. The summed E-state index contributed by atoms with van der Waals surface area (Å²) in [7, 11) is 0. The van der Waals surface area contributed by atoms with Crippen molar-refractivity contribution in [3.05, 3.63) is 42.1 Å². The molecule has 0 aliphatic carbocycles. The lowest BCUT2D eigenvalue weighted by molar-refractivity contribution is 0.124. The van der Waals surface area contributed by atoms with Gasteiger partial charge < -0.3 is 10.1 Å². The molecule has 1 aromatic carbocycles. The van der Waals surface area contributed by atoms with Crippen molar-refractivity contribution in [2.24, 2.45) is 0 Å². The van der Waals surface area contributed by atoms with Crippen LogP contribution in [0.15, 0.2) is 36.5 Å². The summed E-state index contributed by atoms with van der Waals surface area (Å²) in [5.41, 5.74) is 2.19. The van der Waals surface area contributed by atoms with Crippen molar-refractivity contribution < 1.29 is 4.74 Å². The fraction of sp³-hybridized carbons (Fsp3) is 0.357. The van der Waals surface area contributed by atoms with E-state index in [0.29, 0.717) is 6.61 Å². The molecule has 0 aliphatic heterocycles. The SMILES string of the molecule is CCNCCOCc1cccc2cccnc12. The number of rotatable bonds is 6. The van der Waals surface area contributed by atoms with Crippen LogP contribution in [0.3, 0.4) is 0 Å². The van der Waals surface area contributed by atoms with Crippen LogP contribution in [-0.2, 0) is 11.3 Å². The summed E-state index contributed by atoms with van der Waals surface area (Å²) in [5, 5.41) is 4.40. The molecule has 0 radical (unpaired) electrons. The van der Waals surface area contributed by atoms with Crippen LogP contribution < -0.4 is 5.32 Å². The molecule has 0 saturated heterocycles. The monoisotopic (exact) mass is 230 g/mol. The summed E-state index contributed by atoms with van der Waals surface area (Å²) in [6.45, 7) is 5.33. The number of para-hydroxylation sites is 1. The molecule has 3 nitrogen and oxygen atoms in total. The number of pyridine rings is 1. The third-order valence-electron chi connectivity index (χ3n) is 2.65. The zero-order valence-electron chi connectivity index (χ0n) is 10.1. The Morgan fingerprint density at radius 1 is 1.24 bits per heavy atom. The Morgan fingerprint density at radius 2 is 2.12 bits per heavy atom. The molecule has 0 saturated carbocycles. The number of aromatic nitrogens is 1. The van der Waals surface area contributed by atoms with Crippen LogP contribution >= 0.6 is 0 Å². The number of nitrogens with one attached hydrogen (secondary N) is 1. The second-order valence-corrected chi connectivity index (χ2v) is 3.90. The predicted octanol–water partition coefficient (Wildman–Crippen LogP) is 2.36. The number of benzene rings is 1. The van der Waals surface area contributed by atoms with E-state index < -0.39 is 0 Å². The second-order valence-electron chi connectivity index (χ2n) is 3.90. The van der Waals surface area contributed by atoms with Gasteiger partial charge in [0.05, 0.1) is 18.7 Å². The van der Waals surface area contributed by atoms with E-state index in [2.05, 4.69) is 35.4 Å². The van der Waals surface area contributed by atoms with Crippen molar-refractivity contribution >= 4 is 10.9 Å². The normalized spacial score (nSPS) is 10.9. The number of hydrogen-bond donors (Lipinski definition) is 1. The summed E-state index contributed by atoms with van der Waals surface area (Å²) in [4.78, 5) is 4.40. The van der Waals surface area contributed by atoms with Gasteiger partial charge in [-0.1, -0.05) is 31.2 Å². The lowest BCUT2D eigenvalue weighted by Crippen LogP contribution is -2.18. The third-order valence-corrected chi connectivity index (χ3v) is 2.65. The van der Waals surface area contributed by atoms with Crippen molar-refractivity contribution in [2.45, 2.75) is 13.5 Å². The first kappa shape index (κ1) is 12.0. The van der Waals surface area contributed by atoms with E-state index in [1.807, 2.05) is 18.3 Å². The molecule has 0 amide bonds. The van der Waals surface area contributed by atoms with E-state index in [-0.39, 0.29) is 0 Å². The van der Waals surface area contributed by atoms with Crippen LogP contribution in [0.25, 0.3) is 10.9 Å². The minimum atomic E-state index is 0.625. The Morgan fingerprint density at radius 3 is 3.00 bits per heavy atom. The number of likely N-dealkylation sites (N-methyl/N-ethyl adjacent to an activating group) is 1. The molecule has 2 aromatic rings. The molecule has 0 atom stereocenters. The van der Waals surface area contributed by atoms with E-state index in [4.69, 9.17) is 4.74 Å². The van der Waals surface area contributed by atoms with Crippen LogP contribution in [-0.4, -0.2) is 24.7 Å². The lowest BCUT2D eigenvalue weighted by atomic mass is 10.1. The van der Waals surface area contributed by atoms with Crippen molar-refractivity contribution in [3.8, 4) is 0 Å². The summed E-state index contributed by atoms with van der Waals surface area (Å²) in [6, 6.07) is 10.2. The highest BCUT2D eigenvalue weighted by Gasteiger charge is 2.01. The molecule has 3 heteroatoms. The molecule has 1 aromatic heterocycles. The maximum Gasteiger partial charge on any atom is 0.0757 e. The highest BCUT2D eigenvalue weighted by Crippen LogP contribution is 2.16. The van der Waals surface area contributed by atoms with E-state index in [9.17, 15) is 0 Å². The van der Waals surface area contributed by atoms with Gasteiger partial charge in [0.1, 0.15) is 0 Å². The fourth-order valence-corrected chi connectivity index (χ4v) is 1.79. The van der Waals surface area contributed by atoms with Gasteiger partial charge in [0.15, 0.2) is 0 Å². The number of hydrogen-bond acceptors (Lipinski definition) is 3. The van der Waals surface area contributed by atoms with Gasteiger partial charge in [-0.3, -0.25) is 4.98 Å². The molecule has 0 aliphatic rings. The number of nitrogens with zero attached hydrogens (tertiary/aromatic N) is 1. The quantitative estimate of drug-likeness (QED) is 0.774. The summed E-state index contributed by atoms with van der Waals surface area (Å²) < 4.78 is 5.63. The molecule has 17 heavy (non-hydrogen) atoms. The Balaban J connectivity index is 1.98. The maximum absolute atomic E-state index is 5.63. The minimum absolute atomic E-state index is 0.625. The van der Waals surface area contributed by atoms with E-state index in [1.54, 1.807) is 0 Å². The molecule has 1 N–H and O–H groups in total. The van der Waals surface area contributed by atoms with Gasteiger partial charge in [0, 0.05) is 23.7 Å². The molecular formula is C14H18N2O. The molecule has 0 spiro atoms.